The molecule has 0 fully saturated rings. The molecule has 60 valence electrons. The summed E-state index contributed by atoms with van der Waals surface area (Å²) in [7, 11) is 0. The number of esters is 1. The summed E-state index contributed by atoms with van der Waals surface area (Å²) in [5.74, 6) is -0.189. The van der Waals surface area contributed by atoms with Gasteiger partial charge < -0.3 is 4.74 Å². The summed E-state index contributed by atoms with van der Waals surface area (Å²) < 4.78 is 4.84. The van der Waals surface area contributed by atoms with Crippen LogP contribution in [0.25, 0.3) is 0 Å². The lowest BCUT2D eigenvalue weighted by Gasteiger charge is -1.98. The van der Waals surface area contributed by atoms with E-state index < -0.39 is 0 Å². The first-order chi connectivity index (χ1) is 5.33. The van der Waals surface area contributed by atoms with Gasteiger partial charge in [-0.25, -0.2) is 0 Å². The van der Waals surface area contributed by atoms with Crippen molar-refractivity contribution in [2.75, 3.05) is 0 Å². The van der Waals surface area contributed by atoms with Crippen LogP contribution in [0.15, 0.2) is 12.4 Å². The lowest BCUT2D eigenvalue weighted by Crippen LogP contribution is -2.01. The molecule has 1 rings (SSSR count). The van der Waals surface area contributed by atoms with Crippen LogP contribution in [0, 0.1) is 0 Å². The van der Waals surface area contributed by atoms with Gasteiger partial charge in [0.2, 0.25) is 0 Å². The quantitative estimate of drug-likeness (QED) is 0.657. The number of carbonyl (C=O) groups excluding carboxylic acids is 1. The van der Waals surface area contributed by atoms with Crippen molar-refractivity contribution < 1.29 is 9.53 Å². The standard InChI is InChI=1S/C7H10N2O2/c1-2-7(10)11-5-6-3-8-9-4-6/h3-4H,2,5H2,1H3,(H,8,9). The minimum atomic E-state index is -0.189. The zero-order chi connectivity index (χ0) is 8.10. The molecule has 0 aliphatic heterocycles. The molecule has 0 aromatic carbocycles. The number of nitrogens with zero attached hydrogens (tertiary/aromatic N) is 1. The van der Waals surface area contributed by atoms with Crippen LogP contribution in [0.5, 0.6) is 0 Å². The number of aromatic amines is 1. The van der Waals surface area contributed by atoms with Crippen molar-refractivity contribution in [2.24, 2.45) is 0 Å². The number of H-pyrrole nitrogens is 1. The maximum absolute atomic E-state index is 10.7. The van der Waals surface area contributed by atoms with Crippen LogP contribution < -0.4 is 0 Å². The third-order valence-electron chi connectivity index (χ3n) is 1.24. The van der Waals surface area contributed by atoms with E-state index in [1.165, 1.54) is 0 Å². The Labute approximate surface area is 64.6 Å². The number of carbonyl (C=O) groups is 1. The summed E-state index contributed by atoms with van der Waals surface area (Å²) in [4.78, 5) is 10.7. The van der Waals surface area contributed by atoms with E-state index in [9.17, 15) is 4.79 Å². The highest BCUT2D eigenvalue weighted by Crippen LogP contribution is 1.97. The molecule has 4 heteroatoms. The van der Waals surface area contributed by atoms with Gasteiger partial charge in [0.25, 0.3) is 0 Å². The zero-order valence-corrected chi connectivity index (χ0v) is 6.33. The highest BCUT2D eigenvalue weighted by Gasteiger charge is 1.98. The van der Waals surface area contributed by atoms with Crippen LogP contribution in [0.4, 0.5) is 0 Å². The molecule has 0 saturated carbocycles. The number of hydrogen-bond acceptors (Lipinski definition) is 3. The molecule has 0 radical (unpaired) electrons. The first-order valence-electron chi connectivity index (χ1n) is 3.46. The Hall–Kier alpha value is -1.32. The molecule has 1 aromatic heterocycles. The van der Waals surface area contributed by atoms with E-state index in [2.05, 4.69) is 10.2 Å². The minimum absolute atomic E-state index is 0.189. The first kappa shape index (κ1) is 7.78. The Balaban J connectivity index is 2.29. The van der Waals surface area contributed by atoms with Crippen LogP contribution in [0.2, 0.25) is 0 Å². The van der Waals surface area contributed by atoms with E-state index in [0.717, 1.165) is 5.56 Å². The average molecular weight is 154 g/mol. The van der Waals surface area contributed by atoms with Crippen LogP contribution in [0.1, 0.15) is 18.9 Å². The van der Waals surface area contributed by atoms with E-state index >= 15 is 0 Å². The van der Waals surface area contributed by atoms with Gasteiger partial charge in [-0.1, -0.05) is 6.92 Å². The molecule has 0 aliphatic carbocycles. The summed E-state index contributed by atoms with van der Waals surface area (Å²) in [6.45, 7) is 2.07. The van der Waals surface area contributed by atoms with Crippen molar-refractivity contribution in [1.82, 2.24) is 10.2 Å². The van der Waals surface area contributed by atoms with E-state index in [4.69, 9.17) is 4.74 Å². The number of nitrogens with one attached hydrogen (secondary N) is 1. The van der Waals surface area contributed by atoms with Gasteiger partial charge in [-0.05, 0) is 0 Å². The number of rotatable bonds is 3. The van der Waals surface area contributed by atoms with Gasteiger partial charge in [0.15, 0.2) is 0 Å². The average Bonchev–Trinajstić information content (AvgIpc) is 2.52. The molecular formula is C7H10N2O2. The molecule has 0 saturated heterocycles. The summed E-state index contributed by atoms with van der Waals surface area (Å²) in [6.07, 6.45) is 3.74. The molecule has 11 heavy (non-hydrogen) atoms. The fourth-order valence-corrected chi connectivity index (χ4v) is 0.622. The minimum Gasteiger partial charge on any atom is -0.461 e. The third-order valence-corrected chi connectivity index (χ3v) is 1.24. The Morgan fingerprint density at radius 1 is 1.82 bits per heavy atom. The summed E-state index contributed by atoms with van der Waals surface area (Å²) in [6, 6.07) is 0. The number of hydrogen-bond donors (Lipinski definition) is 1. The molecule has 0 atom stereocenters. The third kappa shape index (κ3) is 2.41. The smallest absolute Gasteiger partial charge is 0.305 e. The fraction of sp³-hybridized carbons (Fsp3) is 0.429. The molecule has 1 heterocycles. The summed E-state index contributed by atoms with van der Waals surface area (Å²) in [5.41, 5.74) is 0.881. The van der Waals surface area contributed by atoms with Gasteiger partial charge in [-0.15, -0.1) is 0 Å². The van der Waals surface area contributed by atoms with Crippen LogP contribution in [-0.4, -0.2) is 16.2 Å². The van der Waals surface area contributed by atoms with Crippen molar-refractivity contribution in [1.29, 1.82) is 0 Å². The maximum Gasteiger partial charge on any atom is 0.305 e. The molecule has 4 nitrogen and oxygen atoms in total. The topological polar surface area (TPSA) is 55.0 Å². The van der Waals surface area contributed by atoms with Gasteiger partial charge >= 0.3 is 5.97 Å². The van der Waals surface area contributed by atoms with Gasteiger partial charge in [0, 0.05) is 18.2 Å². The Morgan fingerprint density at radius 2 is 2.64 bits per heavy atom. The van der Waals surface area contributed by atoms with E-state index in [1.54, 1.807) is 19.3 Å². The molecule has 0 amide bonds. The van der Waals surface area contributed by atoms with Crippen LogP contribution >= 0.6 is 0 Å². The normalized spacial score (nSPS) is 9.55. The van der Waals surface area contributed by atoms with E-state index in [0.29, 0.717) is 13.0 Å². The molecule has 1 aromatic rings. The molecule has 1 N–H and O–H groups in total. The largest absolute Gasteiger partial charge is 0.461 e. The second-order valence-corrected chi connectivity index (χ2v) is 2.12. The van der Waals surface area contributed by atoms with E-state index in [-0.39, 0.29) is 5.97 Å². The van der Waals surface area contributed by atoms with E-state index in [1.807, 2.05) is 0 Å². The highest BCUT2D eigenvalue weighted by atomic mass is 16.5. The van der Waals surface area contributed by atoms with Crippen molar-refractivity contribution in [3.63, 3.8) is 0 Å². The summed E-state index contributed by atoms with van der Waals surface area (Å²) in [5, 5.41) is 6.34. The molecule has 0 unspecified atom stereocenters. The van der Waals surface area contributed by atoms with Crippen LogP contribution in [-0.2, 0) is 16.1 Å². The number of ether oxygens (including phenoxy) is 1. The molecule has 0 bridgehead atoms. The molecule has 0 aliphatic rings. The molecule has 0 spiro atoms. The van der Waals surface area contributed by atoms with Crippen molar-refractivity contribution in [2.45, 2.75) is 20.0 Å². The number of aromatic nitrogens is 2. The SMILES string of the molecule is CCC(=O)OCc1cn[nH]c1. The van der Waals surface area contributed by atoms with Crippen LogP contribution in [0.3, 0.4) is 0 Å². The zero-order valence-electron chi connectivity index (χ0n) is 6.33. The van der Waals surface area contributed by atoms with Crippen molar-refractivity contribution >= 4 is 5.97 Å². The van der Waals surface area contributed by atoms with Gasteiger partial charge in [-0.3, -0.25) is 9.89 Å². The van der Waals surface area contributed by atoms with Crippen molar-refractivity contribution in [3.8, 4) is 0 Å². The second kappa shape index (κ2) is 3.75. The predicted molar refractivity (Wildman–Crippen MR) is 38.7 cm³/mol. The van der Waals surface area contributed by atoms with Gasteiger partial charge in [0.1, 0.15) is 6.61 Å². The van der Waals surface area contributed by atoms with Gasteiger partial charge in [-0.2, -0.15) is 5.10 Å². The lowest BCUT2D eigenvalue weighted by atomic mass is 10.4. The Bertz CT molecular complexity index is 218. The predicted octanol–water partition coefficient (Wildman–Crippen LogP) is 0.863. The second-order valence-electron chi connectivity index (χ2n) is 2.12. The first-order valence-corrected chi connectivity index (χ1v) is 3.46. The molecular weight excluding hydrogens is 144 g/mol. The van der Waals surface area contributed by atoms with Gasteiger partial charge in [0.05, 0.1) is 6.20 Å². The lowest BCUT2D eigenvalue weighted by molar-refractivity contribution is -0.144. The maximum atomic E-state index is 10.7. The van der Waals surface area contributed by atoms with Crippen molar-refractivity contribution in [3.05, 3.63) is 18.0 Å². The monoisotopic (exact) mass is 154 g/mol. The Morgan fingerprint density at radius 3 is 3.18 bits per heavy atom. The Kier molecular flexibility index (Phi) is 2.66. The summed E-state index contributed by atoms with van der Waals surface area (Å²) >= 11 is 0. The highest BCUT2D eigenvalue weighted by molar-refractivity contribution is 5.68. The fourth-order valence-electron chi connectivity index (χ4n) is 0.622.